The number of amides is 5. The molecular formula is C72H92ClN5O14S. The quantitative estimate of drug-likeness (QED) is 0.0136. The zero-order chi connectivity index (χ0) is 65.4. The van der Waals surface area contributed by atoms with E-state index in [0.29, 0.717) is 119 Å². The largest absolute Gasteiger partial charge is 0.508 e. The van der Waals surface area contributed by atoms with Gasteiger partial charge in [-0.1, -0.05) is 94.9 Å². The Morgan fingerprint density at radius 1 is 0.634 bits per heavy atom. The number of piperidine rings is 1. The average molecular weight is 1320 g/mol. The van der Waals surface area contributed by atoms with Crippen molar-refractivity contribution in [3.05, 3.63) is 142 Å². The van der Waals surface area contributed by atoms with Crippen molar-refractivity contribution in [3.8, 4) is 27.7 Å². The van der Waals surface area contributed by atoms with Crippen molar-refractivity contribution in [2.45, 2.75) is 122 Å². The highest BCUT2D eigenvalue weighted by Gasteiger charge is 2.39. The summed E-state index contributed by atoms with van der Waals surface area (Å²) in [6.45, 7) is 11.9. The van der Waals surface area contributed by atoms with E-state index in [2.05, 4.69) is 27.8 Å². The molecule has 5 N–H and O–H groups in total. The molecule has 3 heterocycles. The van der Waals surface area contributed by atoms with Crippen LogP contribution in [0.3, 0.4) is 0 Å². The van der Waals surface area contributed by atoms with Crippen molar-refractivity contribution < 1.29 is 67.3 Å². The van der Waals surface area contributed by atoms with Crippen LogP contribution in [0, 0.1) is 0 Å². The Morgan fingerprint density at radius 2 is 1.23 bits per heavy atom. The highest BCUT2D eigenvalue weighted by atomic mass is 35.5. The maximum Gasteiger partial charge on any atom is 0.319 e. The molecule has 1 atom stereocenters. The third-order valence-electron chi connectivity index (χ3n) is 16.4. The summed E-state index contributed by atoms with van der Waals surface area (Å²) < 4.78 is 41.0. The minimum atomic E-state index is -0.672. The molecule has 0 bridgehead atoms. The van der Waals surface area contributed by atoms with Crippen molar-refractivity contribution in [1.82, 2.24) is 20.4 Å². The van der Waals surface area contributed by atoms with Crippen LogP contribution in [-0.2, 0) is 57.5 Å². The number of aromatic hydroxyl groups is 2. The van der Waals surface area contributed by atoms with Gasteiger partial charge in [-0.3, -0.25) is 29.4 Å². The van der Waals surface area contributed by atoms with E-state index in [0.717, 1.165) is 89.1 Å². The van der Waals surface area contributed by atoms with Crippen LogP contribution in [-0.4, -0.2) is 161 Å². The lowest BCUT2D eigenvalue weighted by atomic mass is 9.97. The predicted molar refractivity (Wildman–Crippen MR) is 362 cm³/mol. The van der Waals surface area contributed by atoms with E-state index in [4.69, 9.17) is 44.8 Å². The normalized spacial score (nSPS) is 13.9. The number of carbonyl (C=O) groups is 5. The van der Waals surface area contributed by atoms with Gasteiger partial charge in [0.05, 0.1) is 72.7 Å². The molecule has 2 aliphatic rings. The fraction of sp³-hybridized carbons (Fsp3) is 0.486. The topological polar surface area (TPSA) is 233 Å². The number of phenolic OH excluding ortho intramolecular Hbond substituents is 2. The second kappa shape index (κ2) is 39.7. The first kappa shape index (κ1) is 71.9. The van der Waals surface area contributed by atoms with Gasteiger partial charge in [-0.05, 0) is 145 Å². The number of unbranched alkanes of at least 4 members (excludes halogenated alkanes) is 11. The molecular weight excluding hydrogens is 1230 g/mol. The van der Waals surface area contributed by atoms with Crippen molar-refractivity contribution in [2.24, 2.45) is 0 Å². The van der Waals surface area contributed by atoms with Gasteiger partial charge in [0.15, 0.2) is 5.78 Å². The molecule has 8 rings (SSSR count). The van der Waals surface area contributed by atoms with Crippen LogP contribution in [0.2, 0.25) is 5.02 Å². The number of aryl methyl sites for hydroxylation is 1. The lowest BCUT2D eigenvalue weighted by molar-refractivity contribution is -0.136. The summed E-state index contributed by atoms with van der Waals surface area (Å²) in [7, 11) is 0. The molecule has 93 heavy (non-hydrogen) atoms. The molecule has 5 amide bonds. The van der Waals surface area contributed by atoms with Crippen LogP contribution >= 0.6 is 22.9 Å². The molecule has 0 radical (unpaired) electrons. The molecule has 0 spiro atoms. The number of hydrogen-bond donors (Lipinski definition) is 5. The number of anilines is 1. The second-order valence-corrected chi connectivity index (χ2v) is 24.9. The minimum absolute atomic E-state index is 0.128. The fourth-order valence-corrected chi connectivity index (χ4v) is 12.8. The zero-order valence-corrected chi connectivity index (χ0v) is 55.3. The van der Waals surface area contributed by atoms with E-state index < -0.39 is 11.9 Å². The van der Waals surface area contributed by atoms with E-state index in [-0.39, 0.29) is 54.6 Å². The number of carbonyl (C=O) groups excluding carboxylic acids is 5. The van der Waals surface area contributed by atoms with Gasteiger partial charge in [0, 0.05) is 81.6 Å². The summed E-state index contributed by atoms with van der Waals surface area (Å²) in [4.78, 5) is 68.4. The van der Waals surface area contributed by atoms with E-state index in [1.54, 1.807) is 72.8 Å². The van der Waals surface area contributed by atoms with Crippen LogP contribution in [0.5, 0.6) is 17.2 Å². The van der Waals surface area contributed by atoms with E-state index >= 15 is 0 Å². The lowest BCUT2D eigenvalue weighted by Gasteiger charge is -2.29. The Balaban J connectivity index is 0.525. The van der Waals surface area contributed by atoms with Gasteiger partial charge in [0.25, 0.3) is 5.91 Å². The SMILES string of the molecule is CCN(CCOCCOCCOCCOCCOCCOCCCCCCCCCCCCCCc1cc(Cl)cc(NC(=O)NCc2ccc3c(c2)CN(C2CCC(=O)NC2=O)C3=O)c1)CCOc1ccc(C(=O)c2c(-c3ccc(O)cc3)sc3cc(O)ccc23)cc1. The average Bonchev–Trinajstić information content (AvgIpc) is 1.64. The summed E-state index contributed by atoms with van der Waals surface area (Å²) in [5, 5.41) is 29.4. The van der Waals surface area contributed by atoms with Crippen LogP contribution in [0.25, 0.3) is 20.5 Å². The third-order valence-corrected chi connectivity index (χ3v) is 17.9. The molecule has 0 aliphatic carbocycles. The van der Waals surface area contributed by atoms with Gasteiger partial charge in [-0.15, -0.1) is 11.3 Å². The molecule has 0 saturated carbocycles. The Morgan fingerprint density at radius 3 is 1.86 bits per heavy atom. The number of nitrogens with one attached hydrogen (secondary N) is 3. The number of ether oxygens (including phenoxy) is 7. The first-order chi connectivity index (χ1) is 45.4. The van der Waals surface area contributed by atoms with Crippen molar-refractivity contribution in [2.75, 3.05) is 111 Å². The number of imide groups is 1. The molecule has 1 unspecified atom stereocenters. The van der Waals surface area contributed by atoms with Gasteiger partial charge in [-0.2, -0.15) is 0 Å². The van der Waals surface area contributed by atoms with Gasteiger partial charge in [-0.25, -0.2) is 4.79 Å². The summed E-state index contributed by atoms with van der Waals surface area (Å²) in [5.41, 5.74) is 5.77. The number of benzene rings is 5. The first-order valence-electron chi connectivity index (χ1n) is 33.0. The van der Waals surface area contributed by atoms with E-state index in [9.17, 15) is 34.2 Å². The van der Waals surface area contributed by atoms with E-state index in [1.807, 2.05) is 30.3 Å². The van der Waals surface area contributed by atoms with Crippen molar-refractivity contribution in [1.29, 1.82) is 0 Å². The Labute approximate surface area is 555 Å². The Hall–Kier alpha value is -6.98. The number of hydrogen-bond acceptors (Lipinski definition) is 16. The maximum absolute atomic E-state index is 13.9. The van der Waals surface area contributed by atoms with Crippen LogP contribution in [0.4, 0.5) is 10.5 Å². The summed E-state index contributed by atoms with van der Waals surface area (Å²) in [6.07, 6.45) is 16.0. The van der Waals surface area contributed by atoms with Gasteiger partial charge < -0.3 is 58.9 Å². The molecule has 19 nitrogen and oxygen atoms in total. The van der Waals surface area contributed by atoms with E-state index in [1.165, 1.54) is 74.0 Å². The number of fused-ring (bicyclic) bond motifs is 2. The van der Waals surface area contributed by atoms with Gasteiger partial charge >= 0.3 is 6.03 Å². The molecule has 502 valence electrons. The smallest absolute Gasteiger partial charge is 0.319 e. The number of rotatable bonds is 45. The monoisotopic (exact) mass is 1320 g/mol. The maximum atomic E-state index is 13.9. The number of thiophene rings is 1. The molecule has 21 heteroatoms. The first-order valence-corrected chi connectivity index (χ1v) is 34.2. The summed E-state index contributed by atoms with van der Waals surface area (Å²) in [6, 6.07) is 29.0. The van der Waals surface area contributed by atoms with Crippen LogP contribution < -0.4 is 20.7 Å². The minimum Gasteiger partial charge on any atom is -0.508 e. The number of likely N-dealkylation sites (N-methyl/N-ethyl adjacent to an activating group) is 1. The Bertz CT molecular complexity index is 3310. The fourth-order valence-electron chi connectivity index (χ4n) is 11.4. The number of ketones is 1. The van der Waals surface area contributed by atoms with Crippen molar-refractivity contribution in [3.63, 3.8) is 0 Å². The van der Waals surface area contributed by atoms with Crippen LogP contribution in [0.15, 0.2) is 103 Å². The number of halogens is 1. The summed E-state index contributed by atoms with van der Waals surface area (Å²) in [5.74, 6) is -0.165. The van der Waals surface area contributed by atoms with Gasteiger partial charge in [0.1, 0.15) is 29.9 Å². The van der Waals surface area contributed by atoms with Crippen LogP contribution in [0.1, 0.15) is 140 Å². The highest BCUT2D eigenvalue weighted by Crippen LogP contribution is 2.42. The summed E-state index contributed by atoms with van der Waals surface area (Å²) >= 11 is 7.88. The number of urea groups is 1. The molecule has 6 aromatic rings. The molecule has 2 aliphatic heterocycles. The predicted octanol–water partition coefficient (Wildman–Crippen LogP) is 12.7. The standard InChI is InChI=1S/C72H92ClN5O14S/c1-2-77(31-34-92-61-24-19-54(20-25-61)68(82)67-63-27-23-60(80)49-65(63)93-69(67)55-17-21-59(79)22-18-55)30-33-87-36-38-89-40-42-91-44-43-90-41-39-88-37-35-86-32-14-12-10-8-6-4-3-5-7-9-11-13-15-52-46-57(73)48-58(47-52)75-72(85)74-50-53-16-26-62-56(45-53)51-78(71(62)84)64-28-29-66(81)76-70(64)83/h16-27,45-49,64,79-80H,2-15,28-44,50-51H2,1H3,(H2,74,75,85)(H,76,81,83). The number of nitrogens with zero attached hydrogens (tertiary/aromatic N) is 2. The molecule has 5 aromatic carbocycles. The Kier molecular flexibility index (Phi) is 30.6. The zero-order valence-electron chi connectivity index (χ0n) is 53.7. The molecule has 1 aromatic heterocycles. The second-order valence-electron chi connectivity index (χ2n) is 23.4. The highest BCUT2D eigenvalue weighted by molar-refractivity contribution is 7.22. The lowest BCUT2D eigenvalue weighted by Crippen LogP contribution is -2.52. The number of phenols is 2. The van der Waals surface area contributed by atoms with Gasteiger partial charge in [0.2, 0.25) is 11.8 Å². The third kappa shape index (κ3) is 24.1. The molecule has 1 saturated heterocycles. The van der Waals surface area contributed by atoms with Crippen molar-refractivity contribution >= 4 is 68.2 Å². The molecule has 1 fully saturated rings.